The van der Waals surface area contributed by atoms with Gasteiger partial charge in [0, 0.05) is 25.2 Å². The number of nitrogens with zero attached hydrogens (tertiary/aromatic N) is 1. The standard InChI is InChI=1S/C20H23N3O3.2ClH/c21-19(13-6-9-25-10-7-13)20(24)23-18-3-1-2-16(22-18)14-4-5-17-15(12-14)8-11-26-17;;/h1-5,12-13,19H,6-11,21H2,(H,22,23,24);2*1H. The Kier molecular flexibility index (Phi) is 8.07. The van der Waals surface area contributed by atoms with Crippen LogP contribution < -0.4 is 15.8 Å². The Morgan fingerprint density at radius 3 is 2.71 bits per heavy atom. The molecule has 4 rings (SSSR count). The van der Waals surface area contributed by atoms with Gasteiger partial charge in [-0.3, -0.25) is 4.79 Å². The van der Waals surface area contributed by atoms with Gasteiger partial charge in [-0.15, -0.1) is 24.8 Å². The number of nitrogens with two attached hydrogens (primary N) is 1. The van der Waals surface area contributed by atoms with Crippen molar-refractivity contribution < 1.29 is 14.3 Å². The normalized spacial score (nSPS) is 16.8. The third kappa shape index (κ3) is 4.94. The summed E-state index contributed by atoms with van der Waals surface area (Å²) in [4.78, 5) is 17.1. The molecule has 0 bridgehead atoms. The fraction of sp³-hybridized carbons (Fsp3) is 0.400. The quantitative estimate of drug-likeness (QED) is 0.784. The van der Waals surface area contributed by atoms with Gasteiger partial charge >= 0.3 is 0 Å². The molecule has 0 aliphatic carbocycles. The number of nitrogens with one attached hydrogen (secondary N) is 1. The fourth-order valence-electron chi connectivity index (χ4n) is 3.51. The average molecular weight is 426 g/mol. The first-order valence-corrected chi connectivity index (χ1v) is 9.08. The average Bonchev–Trinajstić information content (AvgIpc) is 3.16. The molecule has 152 valence electrons. The van der Waals surface area contributed by atoms with Gasteiger partial charge in [0.05, 0.1) is 18.3 Å². The summed E-state index contributed by atoms with van der Waals surface area (Å²) in [6.45, 7) is 2.06. The van der Waals surface area contributed by atoms with Crippen LogP contribution in [0.4, 0.5) is 5.82 Å². The van der Waals surface area contributed by atoms with Gasteiger partial charge in [-0.2, -0.15) is 0 Å². The largest absolute Gasteiger partial charge is 0.493 e. The second kappa shape index (κ2) is 10.1. The van der Waals surface area contributed by atoms with Crippen LogP contribution in [0, 0.1) is 5.92 Å². The zero-order valence-electron chi connectivity index (χ0n) is 15.4. The number of anilines is 1. The highest BCUT2D eigenvalue weighted by Crippen LogP contribution is 2.30. The summed E-state index contributed by atoms with van der Waals surface area (Å²) in [6.07, 6.45) is 2.55. The van der Waals surface area contributed by atoms with Gasteiger partial charge in [0.25, 0.3) is 0 Å². The molecule has 2 aromatic rings. The van der Waals surface area contributed by atoms with Crippen molar-refractivity contribution in [3.8, 4) is 17.0 Å². The molecule has 0 radical (unpaired) electrons. The summed E-state index contributed by atoms with van der Waals surface area (Å²) in [6, 6.07) is 11.1. The molecule has 6 nitrogen and oxygen atoms in total. The maximum Gasteiger partial charge on any atom is 0.242 e. The van der Waals surface area contributed by atoms with Crippen LogP contribution >= 0.6 is 24.8 Å². The summed E-state index contributed by atoms with van der Waals surface area (Å²) in [5.74, 6) is 1.43. The van der Waals surface area contributed by atoms with Crippen molar-refractivity contribution in [2.24, 2.45) is 11.7 Å². The Balaban J connectivity index is 0.00000140. The molecule has 0 saturated carbocycles. The van der Waals surface area contributed by atoms with Crippen molar-refractivity contribution in [2.75, 3.05) is 25.1 Å². The molecule has 3 heterocycles. The van der Waals surface area contributed by atoms with Crippen LogP contribution in [0.2, 0.25) is 0 Å². The number of hydrogen-bond acceptors (Lipinski definition) is 5. The maximum absolute atomic E-state index is 12.5. The van der Waals surface area contributed by atoms with Crippen LogP contribution in [0.15, 0.2) is 36.4 Å². The molecule has 1 saturated heterocycles. The third-order valence-corrected chi connectivity index (χ3v) is 5.06. The smallest absolute Gasteiger partial charge is 0.242 e. The van der Waals surface area contributed by atoms with E-state index >= 15 is 0 Å². The fourth-order valence-corrected chi connectivity index (χ4v) is 3.51. The monoisotopic (exact) mass is 425 g/mol. The van der Waals surface area contributed by atoms with Crippen molar-refractivity contribution in [2.45, 2.75) is 25.3 Å². The van der Waals surface area contributed by atoms with E-state index in [0.29, 0.717) is 19.0 Å². The number of carbonyl (C=O) groups is 1. The SMILES string of the molecule is Cl.Cl.NC(C(=O)Nc1cccc(-c2ccc3c(c2)CCO3)n1)C1CCOCC1. The first kappa shape index (κ1) is 22.4. The molecule has 2 aliphatic heterocycles. The zero-order valence-corrected chi connectivity index (χ0v) is 17.1. The number of amides is 1. The Bertz CT molecular complexity index is 813. The van der Waals surface area contributed by atoms with E-state index in [1.807, 2.05) is 24.3 Å². The van der Waals surface area contributed by atoms with Gasteiger partial charge in [-0.1, -0.05) is 6.07 Å². The molecule has 2 aliphatic rings. The van der Waals surface area contributed by atoms with Crippen molar-refractivity contribution in [1.82, 2.24) is 4.98 Å². The molecule has 3 N–H and O–H groups in total. The molecule has 28 heavy (non-hydrogen) atoms. The Hall–Kier alpha value is -1.86. The number of carbonyl (C=O) groups excluding carboxylic acids is 1. The molecule has 1 aromatic carbocycles. The van der Waals surface area contributed by atoms with Crippen molar-refractivity contribution in [3.63, 3.8) is 0 Å². The van der Waals surface area contributed by atoms with E-state index < -0.39 is 6.04 Å². The van der Waals surface area contributed by atoms with E-state index in [4.69, 9.17) is 15.2 Å². The lowest BCUT2D eigenvalue weighted by Gasteiger charge is -2.26. The molecule has 0 spiro atoms. The Labute approximate surface area is 177 Å². The molecule has 8 heteroatoms. The molecule has 1 aromatic heterocycles. The Morgan fingerprint density at radius 1 is 1.14 bits per heavy atom. The molecular formula is C20H25Cl2N3O3. The van der Waals surface area contributed by atoms with Crippen LogP contribution in [-0.2, 0) is 16.0 Å². The number of fused-ring (bicyclic) bond motifs is 1. The lowest BCUT2D eigenvalue weighted by atomic mass is 9.92. The molecule has 1 amide bonds. The summed E-state index contributed by atoms with van der Waals surface area (Å²) in [5, 5.41) is 2.86. The number of aromatic nitrogens is 1. The highest BCUT2D eigenvalue weighted by molar-refractivity contribution is 5.94. The predicted octanol–water partition coefficient (Wildman–Crippen LogP) is 3.22. The van der Waals surface area contributed by atoms with Crippen LogP contribution in [0.3, 0.4) is 0 Å². The van der Waals surface area contributed by atoms with Crippen molar-refractivity contribution >= 4 is 36.5 Å². The minimum absolute atomic E-state index is 0. The zero-order chi connectivity index (χ0) is 17.9. The summed E-state index contributed by atoms with van der Waals surface area (Å²) in [7, 11) is 0. The summed E-state index contributed by atoms with van der Waals surface area (Å²) < 4.78 is 10.9. The highest BCUT2D eigenvalue weighted by Gasteiger charge is 2.26. The number of pyridine rings is 1. The first-order chi connectivity index (χ1) is 12.7. The van der Waals surface area contributed by atoms with E-state index in [1.165, 1.54) is 5.56 Å². The molecule has 1 unspecified atom stereocenters. The van der Waals surface area contributed by atoms with Gasteiger partial charge in [0.2, 0.25) is 5.91 Å². The highest BCUT2D eigenvalue weighted by atomic mass is 35.5. The van der Waals surface area contributed by atoms with E-state index in [-0.39, 0.29) is 36.6 Å². The number of ether oxygens (including phenoxy) is 2. The summed E-state index contributed by atoms with van der Waals surface area (Å²) in [5.41, 5.74) is 9.17. The molecule has 1 atom stereocenters. The van der Waals surface area contributed by atoms with Gasteiger partial charge in [-0.25, -0.2) is 4.98 Å². The first-order valence-electron chi connectivity index (χ1n) is 9.08. The van der Waals surface area contributed by atoms with Crippen LogP contribution in [0.1, 0.15) is 18.4 Å². The van der Waals surface area contributed by atoms with E-state index in [0.717, 1.165) is 42.9 Å². The van der Waals surface area contributed by atoms with E-state index in [2.05, 4.69) is 16.4 Å². The Morgan fingerprint density at radius 2 is 1.93 bits per heavy atom. The van der Waals surface area contributed by atoms with Crippen LogP contribution in [-0.4, -0.2) is 36.8 Å². The van der Waals surface area contributed by atoms with Gasteiger partial charge in [0.15, 0.2) is 0 Å². The summed E-state index contributed by atoms with van der Waals surface area (Å²) >= 11 is 0. The topological polar surface area (TPSA) is 86.5 Å². The number of benzene rings is 1. The van der Waals surface area contributed by atoms with Crippen LogP contribution in [0.5, 0.6) is 5.75 Å². The van der Waals surface area contributed by atoms with Crippen molar-refractivity contribution in [1.29, 1.82) is 0 Å². The van der Waals surface area contributed by atoms with Gasteiger partial charge < -0.3 is 20.5 Å². The van der Waals surface area contributed by atoms with Crippen molar-refractivity contribution in [3.05, 3.63) is 42.0 Å². The maximum atomic E-state index is 12.5. The number of halogens is 2. The van der Waals surface area contributed by atoms with Gasteiger partial charge in [0.1, 0.15) is 11.6 Å². The second-order valence-electron chi connectivity index (χ2n) is 6.79. The molecular weight excluding hydrogens is 401 g/mol. The third-order valence-electron chi connectivity index (χ3n) is 5.06. The van der Waals surface area contributed by atoms with Crippen LogP contribution in [0.25, 0.3) is 11.3 Å². The lowest BCUT2D eigenvalue weighted by Crippen LogP contribution is -2.44. The lowest BCUT2D eigenvalue weighted by molar-refractivity contribution is -0.119. The molecule has 1 fully saturated rings. The van der Waals surface area contributed by atoms with Gasteiger partial charge in [-0.05, 0) is 54.7 Å². The second-order valence-corrected chi connectivity index (χ2v) is 6.79. The minimum Gasteiger partial charge on any atom is -0.493 e. The predicted molar refractivity (Wildman–Crippen MR) is 114 cm³/mol. The minimum atomic E-state index is -0.540. The number of hydrogen-bond donors (Lipinski definition) is 2. The van der Waals surface area contributed by atoms with E-state index in [1.54, 1.807) is 6.07 Å². The van der Waals surface area contributed by atoms with E-state index in [9.17, 15) is 4.79 Å². The number of rotatable bonds is 4.